The Morgan fingerprint density at radius 3 is 2.33 bits per heavy atom. The minimum absolute atomic E-state index is 0.0512. The molecule has 1 heterocycles. The Morgan fingerprint density at radius 1 is 1.04 bits per heavy atom. The lowest BCUT2D eigenvalue weighted by Gasteiger charge is -2.23. The van der Waals surface area contributed by atoms with Gasteiger partial charge in [0.25, 0.3) is 0 Å². The molecule has 1 aliphatic rings. The van der Waals surface area contributed by atoms with Crippen LogP contribution in [0.4, 0.5) is 0 Å². The van der Waals surface area contributed by atoms with Gasteiger partial charge in [0.15, 0.2) is 0 Å². The Balaban J connectivity index is 1.72. The summed E-state index contributed by atoms with van der Waals surface area (Å²) in [5.74, 6) is -0.141. The second-order valence-electron chi connectivity index (χ2n) is 7.85. The third kappa shape index (κ3) is 8.12. The number of rotatable bonds is 9. The predicted molar refractivity (Wildman–Crippen MR) is 109 cm³/mol. The molecular weight excluding hydrogens is 338 g/mol. The molecule has 1 saturated heterocycles. The van der Waals surface area contributed by atoms with Crippen molar-refractivity contribution in [2.75, 3.05) is 26.2 Å². The standard InChI is InChI=1S/C22H35N3O2/c1-18(2)21(24-20(26)17-19-11-6-5-7-12-19)22(27)23-13-10-16-25-14-8-3-4-9-15-25/h5-7,11-12,18,21H,3-4,8-10,13-17H2,1-2H3,(H,23,27)(H,24,26). The van der Waals surface area contributed by atoms with Gasteiger partial charge >= 0.3 is 0 Å². The van der Waals surface area contributed by atoms with Gasteiger partial charge < -0.3 is 15.5 Å². The van der Waals surface area contributed by atoms with E-state index in [-0.39, 0.29) is 17.7 Å². The van der Waals surface area contributed by atoms with Crippen LogP contribution in [-0.2, 0) is 16.0 Å². The molecule has 2 rings (SSSR count). The first-order valence-corrected chi connectivity index (χ1v) is 10.4. The molecule has 0 aliphatic carbocycles. The summed E-state index contributed by atoms with van der Waals surface area (Å²) in [5.41, 5.74) is 0.954. The maximum absolute atomic E-state index is 12.5. The van der Waals surface area contributed by atoms with Crippen LogP contribution in [-0.4, -0.2) is 48.9 Å². The van der Waals surface area contributed by atoms with Crippen LogP contribution in [0.2, 0.25) is 0 Å². The number of carbonyl (C=O) groups is 2. The molecule has 5 heteroatoms. The zero-order chi connectivity index (χ0) is 19.5. The van der Waals surface area contributed by atoms with E-state index in [1.807, 2.05) is 44.2 Å². The third-order valence-corrected chi connectivity index (χ3v) is 5.12. The summed E-state index contributed by atoms with van der Waals surface area (Å²) >= 11 is 0. The number of benzene rings is 1. The molecule has 0 radical (unpaired) electrons. The summed E-state index contributed by atoms with van der Waals surface area (Å²) < 4.78 is 0. The maximum atomic E-state index is 12.5. The van der Waals surface area contributed by atoms with Crippen molar-refractivity contribution < 1.29 is 9.59 Å². The molecule has 0 aromatic heterocycles. The largest absolute Gasteiger partial charge is 0.354 e. The smallest absolute Gasteiger partial charge is 0.242 e. The van der Waals surface area contributed by atoms with E-state index < -0.39 is 6.04 Å². The summed E-state index contributed by atoms with van der Waals surface area (Å²) in [6, 6.07) is 9.12. The fourth-order valence-corrected chi connectivity index (χ4v) is 3.52. The van der Waals surface area contributed by atoms with Crippen molar-refractivity contribution in [1.82, 2.24) is 15.5 Å². The second kappa shape index (κ2) is 11.8. The van der Waals surface area contributed by atoms with Gasteiger partial charge in [0, 0.05) is 6.54 Å². The van der Waals surface area contributed by atoms with Crippen LogP contribution in [0, 0.1) is 5.92 Å². The number of hydrogen-bond acceptors (Lipinski definition) is 3. The van der Waals surface area contributed by atoms with E-state index in [0.29, 0.717) is 13.0 Å². The molecule has 1 fully saturated rings. The summed E-state index contributed by atoms with van der Waals surface area (Å²) in [4.78, 5) is 27.3. The van der Waals surface area contributed by atoms with Crippen molar-refractivity contribution in [3.05, 3.63) is 35.9 Å². The number of hydrogen-bond donors (Lipinski definition) is 2. The average molecular weight is 374 g/mol. The highest BCUT2D eigenvalue weighted by molar-refractivity contribution is 5.88. The third-order valence-electron chi connectivity index (χ3n) is 5.12. The first-order valence-electron chi connectivity index (χ1n) is 10.4. The predicted octanol–water partition coefficient (Wildman–Crippen LogP) is 2.75. The first-order chi connectivity index (χ1) is 13.1. The Labute approximate surface area is 163 Å². The number of nitrogens with one attached hydrogen (secondary N) is 2. The van der Waals surface area contributed by atoms with Gasteiger partial charge in [-0.15, -0.1) is 0 Å². The van der Waals surface area contributed by atoms with Crippen molar-refractivity contribution in [1.29, 1.82) is 0 Å². The van der Waals surface area contributed by atoms with Gasteiger partial charge in [-0.3, -0.25) is 9.59 Å². The van der Waals surface area contributed by atoms with E-state index in [0.717, 1.165) is 18.5 Å². The molecule has 1 aromatic rings. The van der Waals surface area contributed by atoms with Gasteiger partial charge in [0.1, 0.15) is 6.04 Å². The minimum atomic E-state index is -0.487. The highest BCUT2D eigenvalue weighted by atomic mass is 16.2. The Morgan fingerprint density at radius 2 is 1.70 bits per heavy atom. The van der Waals surface area contributed by atoms with Crippen LogP contribution in [0.1, 0.15) is 51.5 Å². The molecule has 0 saturated carbocycles. The highest BCUT2D eigenvalue weighted by Gasteiger charge is 2.23. The molecule has 1 unspecified atom stereocenters. The van der Waals surface area contributed by atoms with Gasteiger partial charge in [-0.1, -0.05) is 57.0 Å². The van der Waals surface area contributed by atoms with Gasteiger partial charge in [-0.05, 0) is 50.4 Å². The fraction of sp³-hybridized carbons (Fsp3) is 0.636. The van der Waals surface area contributed by atoms with Crippen LogP contribution >= 0.6 is 0 Å². The molecule has 1 aromatic carbocycles. The summed E-state index contributed by atoms with van der Waals surface area (Å²) in [5, 5.41) is 5.91. The molecule has 5 nitrogen and oxygen atoms in total. The van der Waals surface area contributed by atoms with Crippen molar-refractivity contribution in [3.8, 4) is 0 Å². The number of carbonyl (C=O) groups excluding carboxylic acids is 2. The quantitative estimate of drug-likeness (QED) is 0.654. The topological polar surface area (TPSA) is 61.4 Å². The number of nitrogens with zero attached hydrogens (tertiary/aromatic N) is 1. The Bertz CT molecular complexity index is 566. The van der Waals surface area contributed by atoms with Gasteiger partial charge in [-0.2, -0.15) is 0 Å². The molecule has 2 amide bonds. The van der Waals surface area contributed by atoms with Gasteiger partial charge in [0.2, 0.25) is 11.8 Å². The lowest BCUT2D eigenvalue weighted by Crippen LogP contribution is -2.50. The van der Waals surface area contributed by atoms with Crippen molar-refractivity contribution in [2.45, 2.75) is 58.4 Å². The Hall–Kier alpha value is -1.88. The number of likely N-dealkylation sites (tertiary alicyclic amines) is 1. The zero-order valence-electron chi connectivity index (χ0n) is 16.9. The van der Waals surface area contributed by atoms with Crippen LogP contribution in [0.3, 0.4) is 0 Å². The molecule has 1 aliphatic heterocycles. The molecule has 2 N–H and O–H groups in total. The maximum Gasteiger partial charge on any atom is 0.242 e. The first kappa shape index (κ1) is 21.4. The van der Waals surface area contributed by atoms with E-state index >= 15 is 0 Å². The monoisotopic (exact) mass is 373 g/mol. The number of amides is 2. The van der Waals surface area contributed by atoms with Crippen molar-refractivity contribution in [2.24, 2.45) is 5.92 Å². The zero-order valence-corrected chi connectivity index (χ0v) is 16.9. The normalized spacial score (nSPS) is 16.6. The highest BCUT2D eigenvalue weighted by Crippen LogP contribution is 2.09. The Kier molecular flexibility index (Phi) is 9.32. The van der Waals surface area contributed by atoms with E-state index in [9.17, 15) is 9.59 Å². The average Bonchev–Trinajstić information content (AvgIpc) is 2.92. The van der Waals surface area contributed by atoms with E-state index in [1.54, 1.807) is 0 Å². The van der Waals surface area contributed by atoms with Crippen LogP contribution in [0.5, 0.6) is 0 Å². The minimum Gasteiger partial charge on any atom is -0.354 e. The van der Waals surface area contributed by atoms with E-state index in [2.05, 4.69) is 15.5 Å². The summed E-state index contributed by atoms with van der Waals surface area (Å²) in [7, 11) is 0. The van der Waals surface area contributed by atoms with Crippen molar-refractivity contribution in [3.63, 3.8) is 0 Å². The lowest BCUT2D eigenvalue weighted by molar-refractivity contribution is -0.129. The molecule has 1 atom stereocenters. The molecule has 150 valence electrons. The van der Waals surface area contributed by atoms with Crippen LogP contribution < -0.4 is 10.6 Å². The SMILES string of the molecule is CC(C)C(NC(=O)Cc1ccccc1)C(=O)NCCCN1CCCCCC1. The van der Waals surface area contributed by atoms with Gasteiger partial charge in [0.05, 0.1) is 6.42 Å². The fourth-order valence-electron chi connectivity index (χ4n) is 3.52. The molecular formula is C22H35N3O2. The summed E-state index contributed by atoms with van der Waals surface area (Å²) in [6.07, 6.45) is 6.50. The molecule has 27 heavy (non-hydrogen) atoms. The van der Waals surface area contributed by atoms with Crippen molar-refractivity contribution >= 4 is 11.8 Å². The van der Waals surface area contributed by atoms with E-state index in [4.69, 9.17) is 0 Å². The second-order valence-corrected chi connectivity index (χ2v) is 7.85. The van der Waals surface area contributed by atoms with E-state index in [1.165, 1.54) is 38.8 Å². The molecule has 0 bridgehead atoms. The lowest BCUT2D eigenvalue weighted by atomic mass is 10.0. The van der Waals surface area contributed by atoms with Gasteiger partial charge in [-0.25, -0.2) is 0 Å². The summed E-state index contributed by atoms with van der Waals surface area (Å²) in [6.45, 7) is 7.98. The van der Waals surface area contributed by atoms with Crippen LogP contribution in [0.15, 0.2) is 30.3 Å². The molecule has 0 spiro atoms. The van der Waals surface area contributed by atoms with Crippen LogP contribution in [0.25, 0.3) is 0 Å².